The molecule has 0 aromatic carbocycles. The molecule has 0 heterocycles. The van der Waals surface area contributed by atoms with Crippen molar-refractivity contribution >= 4 is 5.78 Å². The monoisotopic (exact) mass is 153 g/mol. The molecule has 0 saturated carbocycles. The van der Waals surface area contributed by atoms with Crippen LogP contribution in [0.5, 0.6) is 0 Å². The molecular weight excluding hydrogens is 142 g/mol. The third-order valence-electron chi connectivity index (χ3n) is 1.11. The lowest BCUT2D eigenvalue weighted by molar-refractivity contribution is -0.115. The van der Waals surface area contributed by atoms with E-state index in [2.05, 4.69) is 0 Å². The van der Waals surface area contributed by atoms with Crippen LogP contribution in [0.15, 0.2) is 11.8 Å². The van der Waals surface area contributed by atoms with Crippen LogP contribution < -0.4 is 0 Å². The fourth-order valence-corrected chi connectivity index (χ4v) is 0.512. The number of carbonyl (C=O) groups excluding carboxylic acids is 1. The second-order valence-electron chi connectivity index (χ2n) is 1.88. The van der Waals surface area contributed by atoms with E-state index in [0.717, 1.165) is 0 Å². The Morgan fingerprint density at radius 1 is 1.64 bits per heavy atom. The van der Waals surface area contributed by atoms with E-state index in [1.165, 1.54) is 6.26 Å². The molecule has 0 bridgehead atoms. The van der Waals surface area contributed by atoms with Crippen molar-refractivity contribution in [1.82, 2.24) is 0 Å². The molecule has 0 spiro atoms. The first kappa shape index (κ1) is 9.70. The van der Waals surface area contributed by atoms with E-state index in [9.17, 15) is 4.79 Å². The van der Waals surface area contributed by atoms with Gasteiger partial charge in [0, 0.05) is 6.42 Å². The molecule has 0 aromatic rings. The van der Waals surface area contributed by atoms with Crippen molar-refractivity contribution in [2.45, 2.75) is 20.3 Å². The molecule has 11 heavy (non-hydrogen) atoms. The summed E-state index contributed by atoms with van der Waals surface area (Å²) >= 11 is 0. The number of rotatable bonds is 4. The first-order valence-electron chi connectivity index (χ1n) is 3.51. The lowest BCUT2D eigenvalue weighted by Crippen LogP contribution is -1.99. The lowest BCUT2D eigenvalue weighted by atomic mass is 10.2. The van der Waals surface area contributed by atoms with Crippen LogP contribution in [0.3, 0.4) is 0 Å². The van der Waals surface area contributed by atoms with Gasteiger partial charge in [-0.15, -0.1) is 0 Å². The summed E-state index contributed by atoms with van der Waals surface area (Å²) in [6, 6.07) is 1.77. The van der Waals surface area contributed by atoms with Crippen molar-refractivity contribution in [2.75, 3.05) is 6.61 Å². The maximum absolute atomic E-state index is 10.9. The zero-order valence-electron chi connectivity index (χ0n) is 6.76. The number of ether oxygens (including phenoxy) is 1. The predicted molar refractivity (Wildman–Crippen MR) is 40.6 cm³/mol. The van der Waals surface area contributed by atoms with Gasteiger partial charge in [0.1, 0.15) is 17.9 Å². The van der Waals surface area contributed by atoms with Crippen LogP contribution in [0.2, 0.25) is 0 Å². The third-order valence-corrected chi connectivity index (χ3v) is 1.11. The fraction of sp³-hybridized carbons (Fsp3) is 0.500. The van der Waals surface area contributed by atoms with Gasteiger partial charge in [-0.2, -0.15) is 5.26 Å². The topological polar surface area (TPSA) is 50.1 Å². The van der Waals surface area contributed by atoms with Gasteiger partial charge in [-0.3, -0.25) is 4.79 Å². The van der Waals surface area contributed by atoms with Crippen LogP contribution in [-0.4, -0.2) is 12.4 Å². The van der Waals surface area contributed by atoms with E-state index in [4.69, 9.17) is 10.00 Å². The largest absolute Gasteiger partial charge is 0.500 e. The summed E-state index contributed by atoms with van der Waals surface area (Å²) in [6.07, 6.45) is 1.55. The molecule has 0 atom stereocenters. The van der Waals surface area contributed by atoms with E-state index in [-0.39, 0.29) is 11.4 Å². The zero-order valence-corrected chi connectivity index (χ0v) is 6.76. The molecule has 0 saturated heterocycles. The smallest absolute Gasteiger partial charge is 0.176 e. The SMILES string of the molecule is CCOC=C(C#N)C(=O)CC. The van der Waals surface area contributed by atoms with Crippen molar-refractivity contribution in [3.63, 3.8) is 0 Å². The predicted octanol–water partition coefficient (Wildman–Crippen LogP) is 1.41. The molecule has 0 amide bonds. The minimum absolute atomic E-state index is 0.0920. The number of ketones is 1. The zero-order chi connectivity index (χ0) is 8.69. The van der Waals surface area contributed by atoms with Crippen LogP contribution >= 0.6 is 0 Å². The van der Waals surface area contributed by atoms with Crippen LogP contribution in [0, 0.1) is 11.3 Å². The summed E-state index contributed by atoms with van der Waals surface area (Å²) in [4.78, 5) is 10.9. The van der Waals surface area contributed by atoms with Crippen LogP contribution in [0.1, 0.15) is 20.3 Å². The van der Waals surface area contributed by atoms with Crippen molar-refractivity contribution in [3.05, 3.63) is 11.8 Å². The standard InChI is InChI=1S/C8H11NO2/c1-3-8(10)7(5-9)6-11-4-2/h6H,3-4H2,1-2H3. The van der Waals surface area contributed by atoms with E-state index < -0.39 is 0 Å². The molecule has 0 aromatic heterocycles. The maximum atomic E-state index is 10.9. The number of hydrogen-bond donors (Lipinski definition) is 0. The van der Waals surface area contributed by atoms with Gasteiger partial charge >= 0.3 is 0 Å². The Bertz CT molecular complexity index is 201. The Kier molecular flexibility index (Phi) is 4.83. The van der Waals surface area contributed by atoms with Gasteiger partial charge in [0.15, 0.2) is 5.78 Å². The Morgan fingerprint density at radius 3 is 2.64 bits per heavy atom. The summed E-state index contributed by atoms with van der Waals surface area (Å²) in [6.45, 7) is 3.98. The maximum Gasteiger partial charge on any atom is 0.176 e. The molecule has 0 rings (SSSR count). The average Bonchev–Trinajstić information content (AvgIpc) is 2.05. The number of Topliss-reactive ketones (excluding diaryl/α,β-unsaturated/α-hetero) is 1. The molecule has 0 unspecified atom stereocenters. The van der Waals surface area contributed by atoms with Gasteiger partial charge in [0.2, 0.25) is 0 Å². The second kappa shape index (κ2) is 5.48. The lowest BCUT2D eigenvalue weighted by Gasteiger charge is -1.95. The van der Waals surface area contributed by atoms with Crippen molar-refractivity contribution in [1.29, 1.82) is 5.26 Å². The quantitative estimate of drug-likeness (QED) is 0.348. The molecule has 0 radical (unpaired) electrons. The molecule has 0 N–H and O–H groups in total. The molecule has 0 aliphatic rings. The summed E-state index contributed by atoms with van der Waals surface area (Å²) in [5.41, 5.74) is 0.0920. The number of hydrogen-bond acceptors (Lipinski definition) is 3. The number of carbonyl (C=O) groups is 1. The number of allylic oxidation sites excluding steroid dienone is 1. The summed E-state index contributed by atoms with van der Waals surface area (Å²) in [5, 5.41) is 8.44. The highest BCUT2D eigenvalue weighted by atomic mass is 16.5. The van der Waals surface area contributed by atoms with Gasteiger partial charge in [0.05, 0.1) is 6.61 Å². The van der Waals surface area contributed by atoms with Crippen molar-refractivity contribution < 1.29 is 9.53 Å². The number of nitriles is 1. The van der Waals surface area contributed by atoms with Crippen molar-refractivity contribution in [3.8, 4) is 6.07 Å². The second-order valence-corrected chi connectivity index (χ2v) is 1.88. The Morgan fingerprint density at radius 2 is 2.27 bits per heavy atom. The van der Waals surface area contributed by atoms with Crippen LogP contribution in [0.25, 0.3) is 0 Å². The number of nitrogens with zero attached hydrogens (tertiary/aromatic N) is 1. The average molecular weight is 153 g/mol. The third kappa shape index (κ3) is 3.41. The molecule has 3 heteroatoms. The fourth-order valence-electron chi connectivity index (χ4n) is 0.512. The Hall–Kier alpha value is -1.30. The van der Waals surface area contributed by atoms with Crippen molar-refractivity contribution in [2.24, 2.45) is 0 Å². The van der Waals surface area contributed by atoms with E-state index in [1.807, 2.05) is 0 Å². The van der Waals surface area contributed by atoms with E-state index in [0.29, 0.717) is 13.0 Å². The molecule has 3 nitrogen and oxygen atoms in total. The minimum Gasteiger partial charge on any atom is -0.500 e. The van der Waals surface area contributed by atoms with Gasteiger partial charge in [-0.05, 0) is 6.92 Å². The highest BCUT2D eigenvalue weighted by molar-refractivity contribution is 5.98. The van der Waals surface area contributed by atoms with E-state index in [1.54, 1.807) is 19.9 Å². The molecule has 0 aliphatic heterocycles. The minimum atomic E-state index is -0.180. The molecule has 0 aliphatic carbocycles. The molecule has 0 fully saturated rings. The Labute approximate surface area is 66.3 Å². The highest BCUT2D eigenvalue weighted by Gasteiger charge is 2.04. The Balaban J connectivity index is 4.18. The first-order chi connectivity index (χ1) is 5.26. The summed E-state index contributed by atoms with van der Waals surface area (Å²) in [5.74, 6) is -0.180. The van der Waals surface area contributed by atoms with Crippen LogP contribution in [0.4, 0.5) is 0 Å². The van der Waals surface area contributed by atoms with Gasteiger partial charge in [-0.25, -0.2) is 0 Å². The first-order valence-corrected chi connectivity index (χ1v) is 3.51. The highest BCUT2D eigenvalue weighted by Crippen LogP contribution is 1.98. The summed E-state index contributed by atoms with van der Waals surface area (Å²) in [7, 11) is 0. The van der Waals surface area contributed by atoms with Gasteiger partial charge < -0.3 is 4.74 Å². The summed E-state index contributed by atoms with van der Waals surface area (Å²) < 4.78 is 4.80. The van der Waals surface area contributed by atoms with E-state index >= 15 is 0 Å². The molecule has 60 valence electrons. The van der Waals surface area contributed by atoms with Crippen LogP contribution in [-0.2, 0) is 9.53 Å². The van der Waals surface area contributed by atoms with Gasteiger partial charge in [-0.1, -0.05) is 6.92 Å². The van der Waals surface area contributed by atoms with Gasteiger partial charge in [0.25, 0.3) is 0 Å². The molecular formula is C8H11NO2. The normalized spacial score (nSPS) is 10.5.